The molecule has 158 valence electrons. The van der Waals surface area contributed by atoms with Crippen molar-refractivity contribution in [3.8, 4) is 11.5 Å². The van der Waals surface area contributed by atoms with Crippen molar-refractivity contribution < 1.29 is 23.8 Å². The second-order valence-corrected chi connectivity index (χ2v) is 8.47. The lowest BCUT2D eigenvalue weighted by Crippen LogP contribution is -2.36. The molecule has 30 heavy (non-hydrogen) atoms. The number of hydrogen-bond donors (Lipinski definition) is 1. The van der Waals surface area contributed by atoms with Gasteiger partial charge in [-0.25, -0.2) is 4.39 Å². The molecular formula is C24H24ClFO4. The Balaban J connectivity index is 1.68. The standard InChI is InChI=1S/C24H24ClFO4/c1-2-15-3-4-16(30-17-5-6-19(25)20(26)12-17)11-18(15)23-21(27)13-24(14-22(23)28)7-9-29-10-8-24/h3-6,11-12,27H,2,7-10,13-14H2,1H3. The minimum Gasteiger partial charge on any atom is -0.512 e. The van der Waals surface area contributed by atoms with E-state index in [1.165, 1.54) is 12.1 Å². The van der Waals surface area contributed by atoms with Gasteiger partial charge < -0.3 is 14.6 Å². The molecule has 1 aliphatic carbocycles. The van der Waals surface area contributed by atoms with Gasteiger partial charge in [0.25, 0.3) is 0 Å². The molecule has 1 N–H and O–H groups in total. The summed E-state index contributed by atoms with van der Waals surface area (Å²) in [6.07, 6.45) is 3.15. The van der Waals surface area contributed by atoms with Gasteiger partial charge in [-0.05, 0) is 60.1 Å². The molecule has 2 aromatic carbocycles. The van der Waals surface area contributed by atoms with E-state index in [1.807, 2.05) is 13.0 Å². The monoisotopic (exact) mass is 430 g/mol. The summed E-state index contributed by atoms with van der Waals surface area (Å²) in [6.45, 7) is 3.24. The Morgan fingerprint density at radius 1 is 1.13 bits per heavy atom. The summed E-state index contributed by atoms with van der Waals surface area (Å²) in [7, 11) is 0. The van der Waals surface area contributed by atoms with Crippen LogP contribution in [-0.4, -0.2) is 24.1 Å². The fourth-order valence-corrected chi connectivity index (χ4v) is 4.51. The second kappa shape index (κ2) is 8.40. The number of halogens is 2. The predicted octanol–water partition coefficient (Wildman–Crippen LogP) is 6.26. The molecule has 0 amide bonds. The normalized spacial score (nSPS) is 18.7. The largest absolute Gasteiger partial charge is 0.512 e. The van der Waals surface area contributed by atoms with Gasteiger partial charge in [-0.15, -0.1) is 0 Å². The first-order chi connectivity index (χ1) is 14.4. The summed E-state index contributed by atoms with van der Waals surface area (Å²) in [5.41, 5.74) is 1.79. The van der Waals surface area contributed by atoms with Gasteiger partial charge in [0, 0.05) is 32.1 Å². The van der Waals surface area contributed by atoms with E-state index < -0.39 is 5.82 Å². The van der Waals surface area contributed by atoms with E-state index in [0.29, 0.717) is 55.1 Å². The van der Waals surface area contributed by atoms with E-state index in [-0.39, 0.29) is 22.0 Å². The molecule has 1 aliphatic heterocycles. The molecule has 0 bridgehead atoms. The maximum absolute atomic E-state index is 13.7. The molecule has 1 heterocycles. The van der Waals surface area contributed by atoms with Crippen LogP contribution in [0.3, 0.4) is 0 Å². The van der Waals surface area contributed by atoms with Crippen molar-refractivity contribution in [1.82, 2.24) is 0 Å². The summed E-state index contributed by atoms with van der Waals surface area (Å²) in [6, 6.07) is 9.63. The highest BCUT2D eigenvalue weighted by Crippen LogP contribution is 2.47. The van der Waals surface area contributed by atoms with Crippen LogP contribution in [0.5, 0.6) is 11.5 Å². The highest BCUT2D eigenvalue weighted by Gasteiger charge is 2.41. The molecule has 0 unspecified atom stereocenters. The van der Waals surface area contributed by atoms with Crippen LogP contribution in [0.4, 0.5) is 4.39 Å². The highest BCUT2D eigenvalue weighted by molar-refractivity contribution is 6.30. The lowest BCUT2D eigenvalue weighted by molar-refractivity contribution is -0.118. The molecule has 1 fully saturated rings. The Kier molecular flexibility index (Phi) is 5.85. The number of rotatable bonds is 4. The summed E-state index contributed by atoms with van der Waals surface area (Å²) in [4.78, 5) is 13.1. The number of carbonyl (C=O) groups is 1. The number of aliphatic hydroxyl groups is 1. The highest BCUT2D eigenvalue weighted by atomic mass is 35.5. The predicted molar refractivity (Wildman–Crippen MR) is 114 cm³/mol. The summed E-state index contributed by atoms with van der Waals surface area (Å²) < 4.78 is 25.0. The molecule has 2 aromatic rings. The van der Waals surface area contributed by atoms with Crippen LogP contribution < -0.4 is 4.74 Å². The van der Waals surface area contributed by atoms with E-state index in [4.69, 9.17) is 21.1 Å². The van der Waals surface area contributed by atoms with Crippen molar-refractivity contribution >= 4 is 23.0 Å². The average Bonchev–Trinajstić information content (AvgIpc) is 2.71. The van der Waals surface area contributed by atoms with Crippen molar-refractivity contribution in [2.24, 2.45) is 5.41 Å². The van der Waals surface area contributed by atoms with Crippen molar-refractivity contribution in [3.05, 3.63) is 64.1 Å². The third kappa shape index (κ3) is 4.09. The van der Waals surface area contributed by atoms with Crippen LogP contribution in [0.1, 0.15) is 43.7 Å². The first-order valence-electron chi connectivity index (χ1n) is 10.2. The maximum Gasteiger partial charge on any atom is 0.167 e. The molecule has 2 aliphatic rings. The Morgan fingerprint density at radius 3 is 2.50 bits per heavy atom. The molecule has 0 atom stereocenters. The van der Waals surface area contributed by atoms with Gasteiger partial charge in [-0.1, -0.05) is 24.6 Å². The van der Waals surface area contributed by atoms with Crippen molar-refractivity contribution in [2.45, 2.75) is 39.0 Å². The quantitative estimate of drug-likeness (QED) is 0.621. The Labute approximate surface area is 180 Å². The molecule has 4 rings (SSSR count). The number of hydrogen-bond acceptors (Lipinski definition) is 4. The smallest absolute Gasteiger partial charge is 0.167 e. The lowest BCUT2D eigenvalue weighted by Gasteiger charge is -2.39. The van der Waals surface area contributed by atoms with Crippen LogP contribution in [0, 0.1) is 11.2 Å². The number of aryl methyl sites for hydroxylation is 1. The van der Waals surface area contributed by atoms with Gasteiger partial charge in [0.2, 0.25) is 0 Å². The molecule has 1 spiro atoms. The van der Waals surface area contributed by atoms with Crippen LogP contribution in [0.15, 0.2) is 42.2 Å². The van der Waals surface area contributed by atoms with E-state index in [2.05, 4.69) is 0 Å². The van der Waals surface area contributed by atoms with E-state index in [1.54, 1.807) is 18.2 Å². The fraction of sp³-hybridized carbons (Fsp3) is 0.375. The molecule has 0 aromatic heterocycles. The van der Waals surface area contributed by atoms with Crippen molar-refractivity contribution in [3.63, 3.8) is 0 Å². The van der Waals surface area contributed by atoms with Gasteiger partial charge in [0.1, 0.15) is 23.1 Å². The number of ether oxygens (including phenoxy) is 2. The maximum atomic E-state index is 13.7. The van der Waals surface area contributed by atoms with Gasteiger partial charge in [0.05, 0.1) is 10.6 Å². The Morgan fingerprint density at radius 2 is 1.83 bits per heavy atom. The molecular weight excluding hydrogens is 407 g/mol. The zero-order valence-corrected chi connectivity index (χ0v) is 17.6. The zero-order chi connectivity index (χ0) is 21.3. The average molecular weight is 431 g/mol. The van der Waals surface area contributed by atoms with Gasteiger partial charge in [0.15, 0.2) is 5.78 Å². The molecule has 0 radical (unpaired) electrons. The van der Waals surface area contributed by atoms with Crippen LogP contribution >= 0.6 is 11.6 Å². The van der Waals surface area contributed by atoms with Crippen LogP contribution in [-0.2, 0) is 16.0 Å². The zero-order valence-electron chi connectivity index (χ0n) is 16.8. The van der Waals surface area contributed by atoms with Crippen LogP contribution in [0.2, 0.25) is 5.02 Å². The number of allylic oxidation sites excluding steroid dienone is 2. The van der Waals surface area contributed by atoms with E-state index >= 15 is 0 Å². The summed E-state index contributed by atoms with van der Waals surface area (Å²) in [5.74, 6) is 0.288. The minimum absolute atomic E-state index is 0.0225. The van der Waals surface area contributed by atoms with Crippen LogP contribution in [0.25, 0.3) is 5.57 Å². The Hall–Kier alpha value is -2.37. The summed E-state index contributed by atoms with van der Waals surface area (Å²) in [5, 5.41) is 10.9. The number of aliphatic hydroxyl groups excluding tert-OH is 1. The minimum atomic E-state index is -0.566. The first-order valence-corrected chi connectivity index (χ1v) is 10.6. The number of benzene rings is 2. The molecule has 6 heteroatoms. The Bertz CT molecular complexity index is 1010. The number of Topliss-reactive ketones (excluding diaryl/α,β-unsaturated/α-hetero) is 1. The molecule has 4 nitrogen and oxygen atoms in total. The fourth-order valence-electron chi connectivity index (χ4n) is 4.40. The van der Waals surface area contributed by atoms with Crippen molar-refractivity contribution in [1.29, 1.82) is 0 Å². The third-order valence-corrected chi connectivity index (χ3v) is 6.36. The van der Waals surface area contributed by atoms with Crippen molar-refractivity contribution in [2.75, 3.05) is 13.2 Å². The lowest BCUT2D eigenvalue weighted by atomic mass is 9.67. The molecule has 1 saturated heterocycles. The number of ketones is 1. The van der Waals surface area contributed by atoms with E-state index in [9.17, 15) is 14.3 Å². The topological polar surface area (TPSA) is 55.8 Å². The third-order valence-electron chi connectivity index (χ3n) is 6.06. The first kappa shape index (κ1) is 20.9. The van der Waals surface area contributed by atoms with Gasteiger partial charge in [-0.2, -0.15) is 0 Å². The van der Waals surface area contributed by atoms with Gasteiger partial charge >= 0.3 is 0 Å². The van der Waals surface area contributed by atoms with E-state index in [0.717, 1.165) is 18.4 Å². The SMILES string of the molecule is CCc1ccc(Oc2ccc(Cl)c(F)c2)cc1C1=C(O)CC2(CCOCC2)CC1=O. The number of carbonyl (C=O) groups excluding carboxylic acids is 1. The second-order valence-electron chi connectivity index (χ2n) is 8.06. The summed E-state index contributed by atoms with van der Waals surface area (Å²) >= 11 is 5.73. The van der Waals surface area contributed by atoms with Gasteiger partial charge in [-0.3, -0.25) is 4.79 Å². The molecule has 0 saturated carbocycles.